The molecule has 0 unspecified atom stereocenters. The van der Waals surface area contributed by atoms with Crippen LogP contribution in [0, 0.1) is 0 Å². The first-order valence-corrected chi connectivity index (χ1v) is 22.9. The molecule has 0 N–H and O–H groups in total. The van der Waals surface area contributed by atoms with E-state index in [1.807, 2.05) is 48.5 Å². The van der Waals surface area contributed by atoms with Gasteiger partial charge in [-0.3, -0.25) is 0 Å². The van der Waals surface area contributed by atoms with Gasteiger partial charge in [-0.15, -0.1) is 0 Å². The van der Waals surface area contributed by atoms with Gasteiger partial charge in [0.25, 0.3) is 0 Å². The van der Waals surface area contributed by atoms with Gasteiger partial charge in [-0.25, -0.2) is 0 Å². The lowest BCUT2D eigenvalue weighted by Crippen LogP contribution is -2.15. The minimum atomic E-state index is 0.317. The van der Waals surface area contributed by atoms with Crippen molar-refractivity contribution in [3.63, 3.8) is 0 Å². The average molecular weight is 893 g/mol. The molecule has 12 nitrogen and oxygen atoms in total. The molecule has 0 aromatic heterocycles. The van der Waals surface area contributed by atoms with E-state index in [4.69, 9.17) is 47.4 Å². The van der Waals surface area contributed by atoms with Gasteiger partial charge in [0.05, 0.1) is 64.2 Å². The number of ether oxygens (including phenoxy) is 10. The van der Waals surface area contributed by atoms with Crippen LogP contribution in [0.2, 0.25) is 0 Å². The van der Waals surface area contributed by atoms with Crippen molar-refractivity contribution in [2.24, 2.45) is 10.2 Å². The van der Waals surface area contributed by atoms with Crippen LogP contribution in [0.4, 0.5) is 11.4 Å². The van der Waals surface area contributed by atoms with Crippen LogP contribution in [0.25, 0.3) is 0 Å². The zero-order valence-corrected chi connectivity index (χ0v) is 37.3. The first-order valence-electron chi connectivity index (χ1n) is 22.9. The number of hydrogen-bond acceptors (Lipinski definition) is 12. The van der Waals surface area contributed by atoms with Crippen molar-refractivity contribution in [2.75, 3.05) is 92.5 Å². The van der Waals surface area contributed by atoms with E-state index < -0.39 is 0 Å². The zero-order chi connectivity index (χ0) is 44.6. The molecule has 6 aromatic carbocycles. The Morgan fingerprint density at radius 2 is 0.470 bits per heavy atom. The fourth-order valence-corrected chi connectivity index (χ4v) is 8.34. The highest BCUT2D eigenvalue weighted by atomic mass is 16.6. The summed E-state index contributed by atoms with van der Waals surface area (Å²) in [5, 5.41) is 8.86. The summed E-state index contributed by atoms with van der Waals surface area (Å²) >= 11 is 0. The van der Waals surface area contributed by atoms with Gasteiger partial charge in [-0.2, -0.15) is 10.2 Å². The lowest BCUT2D eigenvalue weighted by Gasteiger charge is -2.23. The summed E-state index contributed by atoms with van der Waals surface area (Å²) in [7, 11) is 0. The second kappa shape index (κ2) is 23.1. The Hall–Kier alpha value is -6.44. The van der Waals surface area contributed by atoms with Crippen LogP contribution in [0.1, 0.15) is 44.5 Å². The molecule has 66 heavy (non-hydrogen) atoms. The van der Waals surface area contributed by atoms with Crippen molar-refractivity contribution in [3.05, 3.63) is 166 Å². The molecule has 1 aliphatic carbocycles. The monoisotopic (exact) mass is 892 g/mol. The van der Waals surface area contributed by atoms with Crippen LogP contribution >= 0.6 is 0 Å². The number of benzene rings is 6. The van der Waals surface area contributed by atoms with E-state index in [9.17, 15) is 0 Å². The third-order valence-corrected chi connectivity index (χ3v) is 11.5. The molecule has 7 aliphatic heterocycles. The van der Waals surface area contributed by atoms with Gasteiger partial charge >= 0.3 is 0 Å². The molecule has 14 rings (SSSR count). The Labute approximate surface area is 386 Å². The summed E-state index contributed by atoms with van der Waals surface area (Å²) in [5.41, 5.74) is 9.67. The predicted molar refractivity (Wildman–Crippen MR) is 250 cm³/mol. The summed E-state index contributed by atoms with van der Waals surface area (Å²) in [4.78, 5) is 0. The minimum Gasteiger partial charge on any atom is -0.491 e. The van der Waals surface area contributed by atoms with E-state index in [1.165, 1.54) is 0 Å². The van der Waals surface area contributed by atoms with Crippen molar-refractivity contribution in [1.82, 2.24) is 0 Å². The summed E-state index contributed by atoms with van der Waals surface area (Å²) < 4.78 is 63.0. The van der Waals surface area contributed by atoms with E-state index >= 15 is 0 Å². The summed E-state index contributed by atoms with van der Waals surface area (Å²) in [5.74, 6) is 4.67. The Morgan fingerprint density at radius 3 is 0.742 bits per heavy atom. The molecule has 0 atom stereocenters. The SMILES string of the molecule is c1cc2c3c(c1)Cc1cccc4c1OCCOc1ccc(cc1)N=Nc1ccc(cc1)OCCOc1c(cccc1Cc1cccc(c1OCCOCCOCCOCCOCCO3)C4)C2. The molecule has 0 spiro atoms. The van der Waals surface area contributed by atoms with Crippen molar-refractivity contribution in [1.29, 1.82) is 0 Å². The maximum Gasteiger partial charge on any atom is 0.126 e. The molecule has 0 amide bonds. The fourth-order valence-electron chi connectivity index (χ4n) is 8.34. The second-order valence-corrected chi connectivity index (χ2v) is 16.1. The van der Waals surface area contributed by atoms with Crippen LogP contribution in [0.5, 0.6) is 34.5 Å². The molecule has 0 saturated heterocycles. The highest BCUT2D eigenvalue weighted by Gasteiger charge is 2.22. The molecule has 8 aliphatic rings. The topological polar surface area (TPSA) is 117 Å². The van der Waals surface area contributed by atoms with Crippen molar-refractivity contribution < 1.29 is 47.4 Å². The predicted octanol–water partition coefficient (Wildman–Crippen LogP) is 9.85. The molecule has 342 valence electrons. The van der Waals surface area contributed by atoms with Gasteiger partial charge in [-0.05, 0) is 93.0 Å². The van der Waals surface area contributed by atoms with E-state index in [0.29, 0.717) is 141 Å². The minimum absolute atomic E-state index is 0.317. The standard InChI is InChI=1S/C54H56N2O10/c1-5-39-35-43-9-3-11-45-37-41-7-2-8-42-38-46-12-4-10-44(36-40(6-1)51(39)63-29-27-59-25-23-57-21-22-58-24-26-60-28-30-64-52(41)42)54(46)66-34-32-62-50-19-15-48(16-20-50)56-55-47-13-17-49(18-14-47)61-31-33-65-53(43)45/h1-20H,21-38H2. The second-order valence-electron chi connectivity index (χ2n) is 16.1. The Balaban J connectivity index is 1.15. The van der Waals surface area contributed by atoms with E-state index in [-0.39, 0.29) is 0 Å². The van der Waals surface area contributed by atoms with Crippen molar-refractivity contribution in [3.8, 4) is 34.5 Å². The third-order valence-electron chi connectivity index (χ3n) is 11.5. The van der Waals surface area contributed by atoms with Gasteiger partial charge in [0.2, 0.25) is 0 Å². The first kappa shape index (κ1) is 44.7. The lowest BCUT2D eigenvalue weighted by molar-refractivity contribution is -0.00706. The van der Waals surface area contributed by atoms with Crippen molar-refractivity contribution in [2.45, 2.75) is 25.7 Å². The summed E-state index contributed by atoms with van der Waals surface area (Å²) in [6.45, 7) is 5.57. The number of para-hydroxylation sites is 4. The molecule has 0 fully saturated rings. The van der Waals surface area contributed by atoms with Crippen LogP contribution in [0.15, 0.2) is 132 Å². The quantitative estimate of drug-likeness (QED) is 0.146. The molecular formula is C54H56N2O10. The first-order chi connectivity index (χ1) is 32.7. The Morgan fingerprint density at radius 1 is 0.242 bits per heavy atom. The average Bonchev–Trinajstić information content (AvgIpc) is 3.33. The number of nitrogens with zero attached hydrogens (tertiary/aromatic N) is 2. The molecule has 6 aromatic rings. The van der Waals surface area contributed by atoms with Gasteiger partial charge in [0.1, 0.15) is 74.1 Å². The van der Waals surface area contributed by atoms with Gasteiger partial charge in [-0.1, -0.05) is 72.8 Å². The Bertz CT molecular complexity index is 2270. The highest BCUT2D eigenvalue weighted by Crippen LogP contribution is 2.39. The largest absolute Gasteiger partial charge is 0.491 e. The van der Waals surface area contributed by atoms with Crippen LogP contribution in [-0.2, 0) is 44.6 Å². The number of azo groups is 1. The highest BCUT2D eigenvalue weighted by molar-refractivity contribution is 5.56. The molecule has 0 radical (unpaired) electrons. The normalized spacial score (nSPS) is 16.7. The number of hydrogen-bond donors (Lipinski definition) is 0. The molecule has 12 heteroatoms. The smallest absolute Gasteiger partial charge is 0.126 e. The van der Waals surface area contributed by atoms with Gasteiger partial charge < -0.3 is 47.4 Å². The maximum atomic E-state index is 6.81. The number of rotatable bonds is 0. The zero-order valence-electron chi connectivity index (χ0n) is 37.3. The molecule has 0 saturated carbocycles. The van der Waals surface area contributed by atoms with E-state index in [0.717, 1.165) is 67.5 Å². The molecular weight excluding hydrogens is 837 g/mol. The van der Waals surface area contributed by atoms with Gasteiger partial charge in [0, 0.05) is 25.7 Å². The Kier molecular flexibility index (Phi) is 15.7. The van der Waals surface area contributed by atoms with E-state index in [2.05, 4.69) is 83.0 Å². The molecule has 16 bridgehead atoms. The summed E-state index contributed by atoms with van der Waals surface area (Å²) in [6, 6.07) is 40.7. The van der Waals surface area contributed by atoms with Gasteiger partial charge in [0.15, 0.2) is 0 Å². The lowest BCUT2D eigenvalue weighted by atomic mass is 9.91. The molecule has 7 heterocycles. The van der Waals surface area contributed by atoms with E-state index in [1.54, 1.807) is 0 Å². The fraction of sp³-hybridized carbons (Fsp3) is 0.333. The summed E-state index contributed by atoms with van der Waals surface area (Å²) in [6.07, 6.45) is 2.23. The van der Waals surface area contributed by atoms with Crippen LogP contribution in [0.3, 0.4) is 0 Å². The van der Waals surface area contributed by atoms with Crippen LogP contribution < -0.4 is 28.4 Å². The third kappa shape index (κ3) is 12.1. The van der Waals surface area contributed by atoms with Crippen LogP contribution in [-0.4, -0.2) is 92.5 Å². The maximum absolute atomic E-state index is 6.81. The van der Waals surface area contributed by atoms with Crippen molar-refractivity contribution >= 4 is 11.4 Å².